The topological polar surface area (TPSA) is 12.0 Å². The Morgan fingerprint density at radius 1 is 0.941 bits per heavy atom. The van der Waals surface area contributed by atoms with Crippen LogP contribution in [0.15, 0.2) is 30.3 Å². The Bertz CT molecular complexity index is 490. The molecule has 0 fully saturated rings. The highest BCUT2D eigenvalue weighted by Crippen LogP contribution is 2.22. The van der Waals surface area contributed by atoms with Crippen LogP contribution in [-0.2, 0) is 13.1 Å². The van der Waals surface area contributed by atoms with Gasteiger partial charge in [-0.15, -0.1) is 11.3 Å². The largest absolute Gasteiger partial charge is 0.308 e. The molecule has 1 nitrogen and oxygen atoms in total. The molecule has 0 radical (unpaired) electrons. The van der Waals surface area contributed by atoms with E-state index in [2.05, 4.69) is 5.32 Å². The molecule has 0 unspecified atom stereocenters. The lowest BCUT2D eigenvalue weighted by molar-refractivity contribution is 0.701. The summed E-state index contributed by atoms with van der Waals surface area (Å²) in [6.45, 7) is 1.53. The summed E-state index contributed by atoms with van der Waals surface area (Å²) in [5.41, 5.74) is 1.07. The van der Waals surface area contributed by atoms with Crippen molar-refractivity contribution in [3.8, 4) is 0 Å². The summed E-state index contributed by atoms with van der Waals surface area (Å²) in [5.74, 6) is 0. The van der Waals surface area contributed by atoms with E-state index in [9.17, 15) is 0 Å². The molecule has 2 rings (SSSR count). The lowest BCUT2D eigenvalue weighted by Crippen LogP contribution is -2.11. The van der Waals surface area contributed by atoms with Gasteiger partial charge in [-0.3, -0.25) is 0 Å². The van der Waals surface area contributed by atoms with E-state index in [0.29, 0.717) is 10.0 Å². The zero-order valence-corrected chi connectivity index (χ0v) is 11.9. The van der Waals surface area contributed by atoms with Crippen LogP contribution >= 0.6 is 46.1 Å². The SMILES string of the molecule is Clc1cc(Cl)cc(CNCc2ccc(Cl)s2)c1. The average molecular weight is 307 g/mol. The van der Waals surface area contributed by atoms with Crippen molar-refractivity contribution < 1.29 is 0 Å². The number of benzene rings is 1. The van der Waals surface area contributed by atoms with E-state index in [1.807, 2.05) is 24.3 Å². The molecule has 1 heterocycles. The van der Waals surface area contributed by atoms with Gasteiger partial charge in [0.15, 0.2) is 0 Å². The predicted molar refractivity (Wildman–Crippen MR) is 76.3 cm³/mol. The van der Waals surface area contributed by atoms with Crippen molar-refractivity contribution in [2.45, 2.75) is 13.1 Å². The molecule has 1 N–H and O–H groups in total. The van der Waals surface area contributed by atoms with E-state index < -0.39 is 0 Å². The zero-order valence-electron chi connectivity index (χ0n) is 8.84. The van der Waals surface area contributed by atoms with Gasteiger partial charge in [0, 0.05) is 28.0 Å². The maximum atomic E-state index is 5.92. The molecule has 1 aromatic carbocycles. The van der Waals surface area contributed by atoms with Crippen LogP contribution < -0.4 is 5.32 Å². The Morgan fingerprint density at radius 3 is 2.24 bits per heavy atom. The highest BCUT2D eigenvalue weighted by Gasteiger charge is 2.00. The van der Waals surface area contributed by atoms with E-state index in [-0.39, 0.29) is 0 Å². The number of rotatable bonds is 4. The Balaban J connectivity index is 1.89. The van der Waals surface area contributed by atoms with Crippen LogP contribution in [0.1, 0.15) is 10.4 Å². The van der Waals surface area contributed by atoms with E-state index in [0.717, 1.165) is 23.0 Å². The second-order valence-electron chi connectivity index (χ2n) is 3.59. The van der Waals surface area contributed by atoms with Gasteiger partial charge in [0.2, 0.25) is 0 Å². The van der Waals surface area contributed by atoms with Gasteiger partial charge in [0.1, 0.15) is 0 Å². The van der Waals surface area contributed by atoms with E-state index in [4.69, 9.17) is 34.8 Å². The molecule has 0 aliphatic rings. The number of hydrogen-bond donors (Lipinski definition) is 1. The first-order chi connectivity index (χ1) is 8.13. The first-order valence-corrected chi connectivity index (χ1v) is 6.98. The molecule has 0 aliphatic carbocycles. The minimum absolute atomic E-state index is 0.661. The van der Waals surface area contributed by atoms with Crippen molar-refractivity contribution in [3.63, 3.8) is 0 Å². The Morgan fingerprint density at radius 2 is 1.65 bits per heavy atom. The number of thiophene rings is 1. The minimum Gasteiger partial charge on any atom is -0.308 e. The summed E-state index contributed by atoms with van der Waals surface area (Å²) in [6.07, 6.45) is 0. The van der Waals surface area contributed by atoms with Gasteiger partial charge in [-0.2, -0.15) is 0 Å². The Labute approximate surface area is 119 Å². The molecule has 2 aromatic rings. The zero-order chi connectivity index (χ0) is 12.3. The van der Waals surface area contributed by atoms with Gasteiger partial charge in [-0.1, -0.05) is 34.8 Å². The van der Waals surface area contributed by atoms with Crippen LogP contribution in [0.2, 0.25) is 14.4 Å². The fourth-order valence-electron chi connectivity index (χ4n) is 1.49. The third kappa shape index (κ3) is 4.16. The molecular formula is C12H10Cl3NS. The fourth-order valence-corrected chi connectivity index (χ4v) is 3.12. The van der Waals surface area contributed by atoms with Crippen LogP contribution in [0, 0.1) is 0 Å². The van der Waals surface area contributed by atoms with Gasteiger partial charge in [-0.05, 0) is 35.9 Å². The van der Waals surface area contributed by atoms with Crippen LogP contribution in [0.4, 0.5) is 0 Å². The third-order valence-electron chi connectivity index (χ3n) is 2.18. The van der Waals surface area contributed by atoms with Gasteiger partial charge in [0.25, 0.3) is 0 Å². The number of hydrogen-bond acceptors (Lipinski definition) is 2. The summed E-state index contributed by atoms with van der Waals surface area (Å²) in [5, 5.41) is 4.64. The van der Waals surface area contributed by atoms with Crippen LogP contribution in [0.5, 0.6) is 0 Å². The lowest BCUT2D eigenvalue weighted by Gasteiger charge is -2.04. The summed E-state index contributed by atoms with van der Waals surface area (Å²) in [6, 6.07) is 9.46. The fraction of sp³-hybridized carbons (Fsp3) is 0.167. The number of halogens is 3. The maximum Gasteiger partial charge on any atom is 0.0931 e. The molecular weight excluding hydrogens is 297 g/mol. The van der Waals surface area contributed by atoms with E-state index >= 15 is 0 Å². The highest BCUT2D eigenvalue weighted by molar-refractivity contribution is 7.16. The van der Waals surface area contributed by atoms with Crippen molar-refractivity contribution in [1.82, 2.24) is 5.32 Å². The third-order valence-corrected chi connectivity index (χ3v) is 3.85. The molecule has 0 atom stereocenters. The molecule has 1 aromatic heterocycles. The van der Waals surface area contributed by atoms with Crippen LogP contribution in [-0.4, -0.2) is 0 Å². The summed E-state index contributed by atoms with van der Waals surface area (Å²) < 4.78 is 0.813. The van der Waals surface area contributed by atoms with Crippen molar-refractivity contribution >= 4 is 46.1 Å². The van der Waals surface area contributed by atoms with Gasteiger partial charge >= 0.3 is 0 Å². The van der Waals surface area contributed by atoms with E-state index in [1.54, 1.807) is 17.4 Å². The Hall–Kier alpha value is -0.250. The smallest absolute Gasteiger partial charge is 0.0931 e. The second kappa shape index (κ2) is 6.07. The minimum atomic E-state index is 0.661. The van der Waals surface area contributed by atoms with E-state index in [1.165, 1.54) is 4.88 Å². The maximum absolute atomic E-state index is 5.92. The number of nitrogens with one attached hydrogen (secondary N) is 1. The highest BCUT2D eigenvalue weighted by atomic mass is 35.5. The Kier molecular flexibility index (Phi) is 4.71. The first-order valence-electron chi connectivity index (χ1n) is 5.03. The molecule has 0 bridgehead atoms. The monoisotopic (exact) mass is 305 g/mol. The van der Waals surface area contributed by atoms with Crippen molar-refractivity contribution in [2.75, 3.05) is 0 Å². The molecule has 0 spiro atoms. The molecule has 0 saturated carbocycles. The lowest BCUT2D eigenvalue weighted by atomic mass is 10.2. The molecule has 5 heteroatoms. The van der Waals surface area contributed by atoms with Crippen LogP contribution in [0.25, 0.3) is 0 Å². The summed E-state index contributed by atoms with van der Waals surface area (Å²) in [7, 11) is 0. The second-order valence-corrected chi connectivity index (χ2v) is 6.26. The van der Waals surface area contributed by atoms with Crippen molar-refractivity contribution in [3.05, 3.63) is 55.2 Å². The predicted octanol–water partition coefficient (Wildman–Crippen LogP) is 5.00. The van der Waals surface area contributed by atoms with Gasteiger partial charge in [-0.25, -0.2) is 0 Å². The molecule has 0 amide bonds. The van der Waals surface area contributed by atoms with Crippen molar-refractivity contribution in [2.24, 2.45) is 0 Å². The average Bonchev–Trinajstić information content (AvgIpc) is 2.63. The van der Waals surface area contributed by atoms with Crippen LogP contribution in [0.3, 0.4) is 0 Å². The normalized spacial score (nSPS) is 10.8. The van der Waals surface area contributed by atoms with Gasteiger partial charge in [0.05, 0.1) is 4.34 Å². The molecule has 17 heavy (non-hydrogen) atoms. The standard InChI is InChI=1S/C12H10Cl3NS/c13-9-3-8(4-10(14)5-9)6-16-7-11-1-2-12(15)17-11/h1-5,16H,6-7H2. The molecule has 0 aliphatic heterocycles. The summed E-state index contributed by atoms with van der Waals surface area (Å²) >= 11 is 19.3. The molecule has 90 valence electrons. The van der Waals surface area contributed by atoms with Gasteiger partial charge < -0.3 is 5.32 Å². The van der Waals surface area contributed by atoms with Crippen molar-refractivity contribution in [1.29, 1.82) is 0 Å². The summed E-state index contributed by atoms with van der Waals surface area (Å²) in [4.78, 5) is 1.21. The quantitative estimate of drug-likeness (QED) is 0.838. The first kappa shape index (κ1) is 13.2. The molecule has 0 saturated heterocycles.